The van der Waals surface area contributed by atoms with Crippen LogP contribution in [0.3, 0.4) is 0 Å². The molecule has 0 bridgehead atoms. The summed E-state index contributed by atoms with van der Waals surface area (Å²) in [5.41, 5.74) is 7.60. The standard InChI is InChI=1S/C27H27N3O2/c1-17-14-18(2)16-20(15-17)28-27(31)30-13-12-23-22-6-4-5-7-24(22)29-25(23)26(30)19-8-10-21(32-3)11-9-19/h4-11,14-16,26,29H,12-13H2,1-3H3,(H,28,31)/t26-/m1/s1. The monoisotopic (exact) mass is 425 g/mol. The number of nitrogens with one attached hydrogen (secondary N) is 2. The quantitative estimate of drug-likeness (QED) is 0.425. The lowest BCUT2D eigenvalue weighted by Gasteiger charge is -2.36. The number of aromatic nitrogens is 1. The van der Waals surface area contributed by atoms with Gasteiger partial charge in [-0.1, -0.05) is 36.4 Å². The van der Waals surface area contributed by atoms with E-state index in [1.807, 2.05) is 61.2 Å². The number of methoxy groups -OCH3 is 1. The number of aryl methyl sites for hydroxylation is 2. The molecule has 1 aliphatic rings. The van der Waals surface area contributed by atoms with E-state index in [0.717, 1.165) is 45.8 Å². The van der Waals surface area contributed by atoms with Crippen LogP contribution in [0, 0.1) is 13.8 Å². The third-order valence-electron chi connectivity index (χ3n) is 6.20. The molecule has 3 aromatic carbocycles. The first-order valence-electron chi connectivity index (χ1n) is 10.9. The highest BCUT2D eigenvalue weighted by Gasteiger charge is 2.34. The van der Waals surface area contributed by atoms with E-state index in [4.69, 9.17) is 4.74 Å². The summed E-state index contributed by atoms with van der Waals surface area (Å²) < 4.78 is 5.35. The largest absolute Gasteiger partial charge is 0.497 e. The Morgan fingerprint density at radius 2 is 1.75 bits per heavy atom. The molecule has 1 aromatic heterocycles. The molecule has 1 atom stereocenters. The summed E-state index contributed by atoms with van der Waals surface area (Å²) in [4.78, 5) is 19.0. The van der Waals surface area contributed by atoms with Crippen molar-refractivity contribution in [1.29, 1.82) is 0 Å². The minimum absolute atomic E-state index is 0.0971. The summed E-state index contributed by atoms with van der Waals surface area (Å²) in [6.45, 7) is 4.73. The second-order valence-corrected chi connectivity index (χ2v) is 8.49. The van der Waals surface area contributed by atoms with Crippen LogP contribution in [0.5, 0.6) is 5.75 Å². The van der Waals surface area contributed by atoms with Gasteiger partial charge in [-0.25, -0.2) is 4.79 Å². The maximum Gasteiger partial charge on any atom is 0.322 e. The molecule has 2 amide bonds. The van der Waals surface area contributed by atoms with Crippen molar-refractivity contribution in [2.45, 2.75) is 26.3 Å². The molecule has 5 nitrogen and oxygen atoms in total. The Morgan fingerprint density at radius 1 is 1.03 bits per heavy atom. The number of fused-ring (bicyclic) bond motifs is 3. The Bertz CT molecular complexity index is 1270. The first-order valence-corrected chi connectivity index (χ1v) is 10.9. The summed E-state index contributed by atoms with van der Waals surface area (Å²) in [6, 6.07) is 22.2. The number of carbonyl (C=O) groups is 1. The van der Waals surface area contributed by atoms with Gasteiger partial charge < -0.3 is 19.9 Å². The summed E-state index contributed by atoms with van der Waals surface area (Å²) in [5, 5.41) is 4.36. The van der Waals surface area contributed by atoms with Crippen LogP contribution in [-0.2, 0) is 6.42 Å². The second-order valence-electron chi connectivity index (χ2n) is 8.49. The lowest BCUT2D eigenvalue weighted by atomic mass is 9.92. The molecule has 1 aliphatic heterocycles. The maximum atomic E-state index is 13.5. The predicted octanol–water partition coefficient (Wildman–Crippen LogP) is 5.97. The van der Waals surface area contributed by atoms with Gasteiger partial charge in [-0.2, -0.15) is 0 Å². The third-order valence-corrected chi connectivity index (χ3v) is 6.20. The van der Waals surface area contributed by atoms with Crippen LogP contribution >= 0.6 is 0 Å². The van der Waals surface area contributed by atoms with E-state index in [2.05, 4.69) is 34.6 Å². The van der Waals surface area contributed by atoms with E-state index in [0.29, 0.717) is 6.54 Å². The SMILES string of the molecule is COc1ccc([C@@H]2c3[nH]c4ccccc4c3CCN2C(=O)Nc2cc(C)cc(C)c2)cc1. The highest BCUT2D eigenvalue weighted by Crippen LogP contribution is 2.39. The van der Waals surface area contributed by atoms with E-state index in [9.17, 15) is 4.79 Å². The Kier molecular flexibility index (Phi) is 5.10. The smallest absolute Gasteiger partial charge is 0.322 e. The number of hydrogen-bond donors (Lipinski definition) is 2. The average molecular weight is 426 g/mol. The van der Waals surface area contributed by atoms with Crippen molar-refractivity contribution in [2.75, 3.05) is 19.0 Å². The van der Waals surface area contributed by atoms with Crippen LogP contribution in [0.2, 0.25) is 0 Å². The Morgan fingerprint density at radius 3 is 2.47 bits per heavy atom. The number of amides is 2. The fraction of sp³-hybridized carbons (Fsp3) is 0.222. The number of H-pyrrole nitrogens is 1. The fourth-order valence-corrected chi connectivity index (χ4v) is 4.83. The molecule has 162 valence electrons. The minimum atomic E-state index is -0.206. The van der Waals surface area contributed by atoms with Gasteiger partial charge in [-0.05, 0) is 72.9 Å². The molecule has 5 rings (SSSR count). The molecular weight excluding hydrogens is 398 g/mol. The molecule has 0 radical (unpaired) electrons. The molecule has 0 aliphatic carbocycles. The normalized spacial score (nSPS) is 15.5. The van der Waals surface area contributed by atoms with Gasteiger partial charge in [0.25, 0.3) is 0 Å². The van der Waals surface area contributed by atoms with Crippen LogP contribution in [0.25, 0.3) is 10.9 Å². The van der Waals surface area contributed by atoms with Gasteiger partial charge in [0.1, 0.15) is 5.75 Å². The number of para-hydroxylation sites is 1. The molecule has 32 heavy (non-hydrogen) atoms. The molecule has 2 N–H and O–H groups in total. The van der Waals surface area contributed by atoms with Crippen molar-refractivity contribution >= 4 is 22.6 Å². The maximum absolute atomic E-state index is 13.5. The predicted molar refractivity (Wildman–Crippen MR) is 128 cm³/mol. The zero-order valence-electron chi connectivity index (χ0n) is 18.6. The summed E-state index contributed by atoms with van der Waals surface area (Å²) in [5.74, 6) is 0.799. The third kappa shape index (κ3) is 3.60. The van der Waals surface area contributed by atoms with Gasteiger partial charge in [-0.15, -0.1) is 0 Å². The van der Waals surface area contributed by atoms with Gasteiger partial charge in [0, 0.05) is 28.8 Å². The second kappa shape index (κ2) is 8.08. The van der Waals surface area contributed by atoms with Gasteiger partial charge in [0.2, 0.25) is 0 Å². The van der Waals surface area contributed by atoms with Gasteiger partial charge in [-0.3, -0.25) is 0 Å². The number of anilines is 1. The number of nitrogens with zero attached hydrogens (tertiary/aromatic N) is 1. The van der Waals surface area contributed by atoms with Crippen LogP contribution in [0.15, 0.2) is 66.7 Å². The van der Waals surface area contributed by atoms with Crippen LogP contribution in [-0.4, -0.2) is 29.6 Å². The number of rotatable bonds is 3. The minimum Gasteiger partial charge on any atom is -0.497 e. The molecule has 0 unspecified atom stereocenters. The van der Waals surface area contributed by atoms with Crippen molar-refractivity contribution in [3.8, 4) is 5.75 Å². The molecule has 4 aromatic rings. The van der Waals surface area contributed by atoms with Crippen molar-refractivity contribution < 1.29 is 9.53 Å². The molecule has 0 saturated carbocycles. The Labute approximate surface area is 188 Å². The first kappa shape index (κ1) is 20.2. The van der Waals surface area contributed by atoms with Crippen molar-refractivity contribution in [2.24, 2.45) is 0 Å². The zero-order valence-corrected chi connectivity index (χ0v) is 18.6. The molecule has 0 spiro atoms. The molecule has 2 heterocycles. The van der Waals surface area contributed by atoms with Crippen LogP contribution < -0.4 is 10.1 Å². The van der Waals surface area contributed by atoms with Gasteiger partial charge >= 0.3 is 6.03 Å². The lowest BCUT2D eigenvalue weighted by Crippen LogP contribution is -2.43. The summed E-state index contributed by atoms with van der Waals surface area (Å²) in [7, 11) is 1.66. The topological polar surface area (TPSA) is 57.4 Å². The van der Waals surface area contributed by atoms with Gasteiger partial charge in [0.05, 0.1) is 13.2 Å². The zero-order chi connectivity index (χ0) is 22.2. The van der Waals surface area contributed by atoms with Crippen LogP contribution in [0.1, 0.15) is 34.0 Å². The number of carbonyl (C=O) groups excluding carboxylic acids is 1. The first-order chi connectivity index (χ1) is 15.5. The fourth-order valence-electron chi connectivity index (χ4n) is 4.83. The lowest BCUT2D eigenvalue weighted by molar-refractivity contribution is 0.193. The highest BCUT2D eigenvalue weighted by atomic mass is 16.5. The van der Waals surface area contributed by atoms with Crippen molar-refractivity contribution in [1.82, 2.24) is 9.88 Å². The van der Waals surface area contributed by atoms with E-state index in [1.165, 1.54) is 10.9 Å². The van der Waals surface area contributed by atoms with E-state index in [-0.39, 0.29) is 12.1 Å². The molecule has 5 heteroatoms. The van der Waals surface area contributed by atoms with E-state index < -0.39 is 0 Å². The average Bonchev–Trinajstić information content (AvgIpc) is 3.16. The Hall–Kier alpha value is -3.73. The summed E-state index contributed by atoms with van der Waals surface area (Å²) >= 11 is 0. The van der Waals surface area contributed by atoms with Crippen LogP contribution in [0.4, 0.5) is 10.5 Å². The number of hydrogen-bond acceptors (Lipinski definition) is 2. The van der Waals surface area contributed by atoms with Crippen molar-refractivity contribution in [3.63, 3.8) is 0 Å². The highest BCUT2D eigenvalue weighted by molar-refractivity contribution is 5.91. The Balaban J connectivity index is 1.56. The van der Waals surface area contributed by atoms with Crippen molar-refractivity contribution in [3.05, 3.63) is 94.7 Å². The van der Waals surface area contributed by atoms with Gasteiger partial charge in [0.15, 0.2) is 0 Å². The molecular formula is C27H27N3O2. The number of urea groups is 1. The number of aromatic amines is 1. The summed E-state index contributed by atoms with van der Waals surface area (Å²) in [6.07, 6.45) is 0.812. The van der Waals surface area contributed by atoms with E-state index in [1.54, 1.807) is 7.11 Å². The number of benzene rings is 3. The number of ether oxygens (including phenoxy) is 1. The molecule has 0 saturated heterocycles. The van der Waals surface area contributed by atoms with E-state index >= 15 is 0 Å². The molecule has 0 fully saturated rings.